The van der Waals surface area contributed by atoms with E-state index < -0.39 is 6.10 Å². The minimum atomic E-state index is -0.705. The van der Waals surface area contributed by atoms with Gasteiger partial charge in [-0.2, -0.15) is 0 Å². The van der Waals surface area contributed by atoms with E-state index >= 15 is 0 Å². The van der Waals surface area contributed by atoms with Gasteiger partial charge in [-0.05, 0) is 41.3 Å². The van der Waals surface area contributed by atoms with Crippen LogP contribution >= 0.6 is 0 Å². The molecule has 0 bridgehead atoms. The van der Waals surface area contributed by atoms with Gasteiger partial charge in [0.05, 0.1) is 7.11 Å². The molecule has 1 heterocycles. The van der Waals surface area contributed by atoms with Crippen LogP contribution in [-0.4, -0.2) is 25.2 Å². The van der Waals surface area contributed by atoms with Crippen LogP contribution in [0.4, 0.5) is 5.69 Å². The van der Waals surface area contributed by atoms with Crippen LogP contribution in [0.25, 0.3) is 0 Å². The van der Waals surface area contributed by atoms with Gasteiger partial charge >= 0.3 is 0 Å². The van der Waals surface area contributed by atoms with Crippen LogP contribution in [0, 0.1) is 0 Å². The third-order valence-corrected chi connectivity index (χ3v) is 4.17. The summed E-state index contributed by atoms with van der Waals surface area (Å²) in [6, 6.07) is 13.2. The maximum Gasteiger partial charge on any atom is 0.227 e. The van der Waals surface area contributed by atoms with Gasteiger partial charge in [0.2, 0.25) is 5.91 Å². The van der Waals surface area contributed by atoms with Gasteiger partial charge in [-0.25, -0.2) is 0 Å². The van der Waals surface area contributed by atoms with Gasteiger partial charge in [0.25, 0.3) is 0 Å². The molecule has 114 valence electrons. The lowest BCUT2D eigenvalue weighted by Gasteiger charge is -2.26. The number of nitrogens with zero attached hydrogens (tertiary/aromatic N) is 1. The second kappa shape index (κ2) is 5.81. The lowest BCUT2D eigenvalue weighted by atomic mass is 9.94. The average Bonchev–Trinajstić information content (AvgIpc) is 2.57. The van der Waals surface area contributed by atoms with E-state index in [-0.39, 0.29) is 5.91 Å². The number of carbonyl (C=O) groups is 1. The van der Waals surface area contributed by atoms with Gasteiger partial charge < -0.3 is 14.7 Å². The molecule has 1 amide bonds. The topological polar surface area (TPSA) is 49.8 Å². The molecule has 0 saturated heterocycles. The third-order valence-electron chi connectivity index (χ3n) is 4.17. The van der Waals surface area contributed by atoms with E-state index in [1.54, 1.807) is 19.1 Å². The molecule has 3 rings (SSSR count). The van der Waals surface area contributed by atoms with E-state index in [1.807, 2.05) is 42.5 Å². The fraction of sp³-hybridized carbons (Fsp3) is 0.278. The monoisotopic (exact) mass is 297 g/mol. The molecular formula is C18H19NO3. The minimum absolute atomic E-state index is 0.133. The average molecular weight is 297 g/mol. The van der Waals surface area contributed by atoms with Crippen LogP contribution in [0.2, 0.25) is 0 Å². The summed E-state index contributed by atoms with van der Waals surface area (Å²) in [5.74, 6) is 0.855. The zero-order valence-electron chi connectivity index (χ0n) is 12.7. The number of ether oxygens (including phenoxy) is 1. The van der Waals surface area contributed by atoms with Crippen LogP contribution in [0.3, 0.4) is 0 Å². The Morgan fingerprint density at radius 1 is 1.14 bits per heavy atom. The minimum Gasteiger partial charge on any atom is -0.497 e. The Morgan fingerprint density at radius 2 is 1.91 bits per heavy atom. The van der Waals surface area contributed by atoms with Crippen molar-refractivity contribution >= 4 is 11.6 Å². The number of amides is 1. The molecule has 1 N–H and O–H groups in total. The van der Waals surface area contributed by atoms with Gasteiger partial charge in [0, 0.05) is 19.2 Å². The van der Waals surface area contributed by atoms with Crippen molar-refractivity contribution < 1.29 is 14.6 Å². The second-order valence-corrected chi connectivity index (χ2v) is 5.52. The highest BCUT2D eigenvalue weighted by atomic mass is 16.5. The lowest BCUT2D eigenvalue weighted by molar-refractivity contribution is -0.118. The number of carbonyl (C=O) groups excluding carboxylic acids is 1. The van der Waals surface area contributed by atoms with Crippen molar-refractivity contribution in [3.05, 3.63) is 59.2 Å². The number of aliphatic hydroxyl groups is 1. The normalized spacial score (nSPS) is 15.4. The first-order valence-electron chi connectivity index (χ1n) is 7.31. The molecule has 0 radical (unpaired) electrons. The molecule has 2 aromatic carbocycles. The summed E-state index contributed by atoms with van der Waals surface area (Å²) < 4.78 is 5.20. The summed E-state index contributed by atoms with van der Waals surface area (Å²) in [6.45, 7) is 0. The van der Waals surface area contributed by atoms with Crippen LogP contribution in [0.5, 0.6) is 5.75 Å². The Labute approximate surface area is 130 Å². The number of hydrogen-bond donors (Lipinski definition) is 1. The van der Waals surface area contributed by atoms with E-state index in [9.17, 15) is 9.90 Å². The van der Waals surface area contributed by atoms with Crippen LogP contribution in [0.1, 0.15) is 29.2 Å². The molecule has 0 fully saturated rings. The van der Waals surface area contributed by atoms with E-state index in [1.165, 1.54) is 0 Å². The lowest BCUT2D eigenvalue weighted by Crippen LogP contribution is -2.31. The fourth-order valence-electron chi connectivity index (χ4n) is 2.85. The van der Waals surface area contributed by atoms with E-state index in [0.717, 1.165) is 34.5 Å². The second-order valence-electron chi connectivity index (χ2n) is 5.52. The van der Waals surface area contributed by atoms with Gasteiger partial charge in [0.15, 0.2) is 0 Å². The summed E-state index contributed by atoms with van der Waals surface area (Å²) >= 11 is 0. The zero-order valence-corrected chi connectivity index (χ0v) is 12.7. The van der Waals surface area contributed by atoms with E-state index in [2.05, 4.69) is 0 Å². The van der Waals surface area contributed by atoms with Gasteiger partial charge in [0.1, 0.15) is 11.9 Å². The molecule has 4 heteroatoms. The maximum absolute atomic E-state index is 11.7. The number of aliphatic hydroxyl groups excluding tert-OH is 1. The summed E-state index contributed by atoms with van der Waals surface area (Å²) in [4.78, 5) is 13.4. The molecular weight excluding hydrogens is 278 g/mol. The summed E-state index contributed by atoms with van der Waals surface area (Å²) in [6.07, 6.45) is 0.530. The van der Waals surface area contributed by atoms with E-state index in [4.69, 9.17) is 4.74 Å². The zero-order chi connectivity index (χ0) is 15.7. The van der Waals surface area contributed by atoms with Gasteiger partial charge in [-0.15, -0.1) is 0 Å². The third kappa shape index (κ3) is 2.57. The van der Waals surface area contributed by atoms with Crippen molar-refractivity contribution in [3.63, 3.8) is 0 Å². The number of aryl methyl sites for hydroxylation is 1. The van der Waals surface area contributed by atoms with Crippen molar-refractivity contribution in [2.24, 2.45) is 0 Å². The highest BCUT2D eigenvalue weighted by Crippen LogP contribution is 2.32. The summed E-state index contributed by atoms with van der Waals surface area (Å²) in [5, 5.41) is 10.6. The highest BCUT2D eigenvalue weighted by Gasteiger charge is 2.22. The highest BCUT2D eigenvalue weighted by molar-refractivity contribution is 5.95. The molecule has 2 aromatic rings. The first-order chi connectivity index (χ1) is 10.6. The quantitative estimate of drug-likeness (QED) is 0.947. The predicted molar refractivity (Wildman–Crippen MR) is 85.2 cm³/mol. The first kappa shape index (κ1) is 14.6. The van der Waals surface area contributed by atoms with Gasteiger partial charge in [-0.1, -0.05) is 24.3 Å². The SMILES string of the molecule is COc1cccc(C(O)c2ccc3c(c2)CCC(=O)N3C)c1. The molecule has 0 aromatic heterocycles. The van der Waals surface area contributed by atoms with Crippen molar-refractivity contribution in [1.29, 1.82) is 0 Å². The standard InChI is InChI=1S/C18H19NO3/c1-19-16-8-6-14(10-12(16)7-9-17(19)20)18(21)13-4-3-5-15(11-13)22-2/h3-6,8,10-11,18,21H,7,9H2,1-2H3. The molecule has 0 saturated carbocycles. The number of hydrogen-bond acceptors (Lipinski definition) is 3. The fourth-order valence-corrected chi connectivity index (χ4v) is 2.85. The molecule has 1 aliphatic rings. The molecule has 1 atom stereocenters. The molecule has 4 nitrogen and oxygen atoms in total. The van der Waals surface area contributed by atoms with Gasteiger partial charge in [-0.3, -0.25) is 4.79 Å². The Hall–Kier alpha value is -2.33. The van der Waals surface area contributed by atoms with Crippen molar-refractivity contribution in [1.82, 2.24) is 0 Å². The molecule has 0 spiro atoms. The first-order valence-corrected chi connectivity index (χ1v) is 7.31. The summed E-state index contributed by atoms with van der Waals surface area (Å²) in [7, 11) is 3.40. The van der Waals surface area contributed by atoms with Crippen molar-refractivity contribution in [2.45, 2.75) is 18.9 Å². The number of anilines is 1. The largest absolute Gasteiger partial charge is 0.497 e. The van der Waals surface area contributed by atoms with Crippen molar-refractivity contribution in [2.75, 3.05) is 19.1 Å². The Balaban J connectivity index is 1.93. The van der Waals surface area contributed by atoms with Crippen LogP contribution in [0.15, 0.2) is 42.5 Å². The molecule has 0 aliphatic carbocycles. The van der Waals surface area contributed by atoms with Crippen LogP contribution in [-0.2, 0) is 11.2 Å². The number of benzene rings is 2. The summed E-state index contributed by atoms with van der Waals surface area (Å²) in [5.41, 5.74) is 3.65. The molecule has 1 aliphatic heterocycles. The Bertz CT molecular complexity index is 711. The maximum atomic E-state index is 11.7. The Morgan fingerprint density at radius 3 is 2.68 bits per heavy atom. The van der Waals surface area contributed by atoms with E-state index in [0.29, 0.717) is 6.42 Å². The molecule has 1 unspecified atom stereocenters. The van der Waals surface area contributed by atoms with Crippen molar-refractivity contribution in [3.8, 4) is 5.75 Å². The number of fused-ring (bicyclic) bond motifs is 1. The molecule has 22 heavy (non-hydrogen) atoms. The predicted octanol–water partition coefficient (Wildman–Crippen LogP) is 2.69. The Kier molecular flexibility index (Phi) is 3.86. The smallest absolute Gasteiger partial charge is 0.227 e. The van der Waals surface area contributed by atoms with Crippen LogP contribution < -0.4 is 9.64 Å². The number of methoxy groups -OCH3 is 1. The number of rotatable bonds is 3.